The summed E-state index contributed by atoms with van der Waals surface area (Å²) in [6.45, 7) is 2.18. The van der Waals surface area contributed by atoms with Crippen LogP contribution in [0.2, 0.25) is 0 Å². The van der Waals surface area contributed by atoms with Gasteiger partial charge in [0.2, 0.25) is 0 Å². The molecule has 2 N–H and O–H groups in total. The average molecular weight is 290 g/mol. The lowest BCUT2D eigenvalue weighted by atomic mass is 10.1. The van der Waals surface area contributed by atoms with Gasteiger partial charge in [0.15, 0.2) is 5.82 Å². The predicted octanol–water partition coefficient (Wildman–Crippen LogP) is 3.13. The molecule has 2 aromatic carbocycles. The van der Waals surface area contributed by atoms with E-state index in [9.17, 15) is 13.6 Å². The molecule has 0 unspecified atom stereocenters. The third-order valence-electron chi connectivity index (χ3n) is 3.35. The fourth-order valence-corrected chi connectivity index (χ4v) is 2.07. The van der Waals surface area contributed by atoms with E-state index in [1.807, 2.05) is 31.2 Å². The third-order valence-corrected chi connectivity index (χ3v) is 3.35. The van der Waals surface area contributed by atoms with Gasteiger partial charge in [-0.3, -0.25) is 4.79 Å². The normalized spacial score (nSPS) is 10.5. The number of amides is 1. The largest absolute Gasteiger partial charge is 0.396 e. The molecule has 0 aromatic heterocycles. The van der Waals surface area contributed by atoms with Crippen LogP contribution in [0, 0.1) is 18.6 Å². The van der Waals surface area contributed by atoms with E-state index < -0.39 is 23.1 Å². The van der Waals surface area contributed by atoms with Gasteiger partial charge in [-0.05, 0) is 30.2 Å². The molecule has 1 amide bonds. The van der Waals surface area contributed by atoms with Crippen LogP contribution in [0.5, 0.6) is 0 Å². The third kappa shape index (κ3) is 3.02. The van der Waals surface area contributed by atoms with Gasteiger partial charge >= 0.3 is 0 Å². The van der Waals surface area contributed by atoms with Gasteiger partial charge in [0.1, 0.15) is 11.4 Å². The van der Waals surface area contributed by atoms with Gasteiger partial charge in [0, 0.05) is 13.6 Å². The Morgan fingerprint density at radius 2 is 1.86 bits per heavy atom. The summed E-state index contributed by atoms with van der Waals surface area (Å²) in [6.07, 6.45) is 0. The fourth-order valence-electron chi connectivity index (χ4n) is 2.07. The summed E-state index contributed by atoms with van der Waals surface area (Å²) in [6, 6.07) is 9.61. The molecule has 110 valence electrons. The first kappa shape index (κ1) is 15.0. The number of aryl methyl sites for hydroxylation is 1. The van der Waals surface area contributed by atoms with Crippen molar-refractivity contribution in [2.24, 2.45) is 0 Å². The van der Waals surface area contributed by atoms with E-state index in [4.69, 9.17) is 5.73 Å². The summed E-state index contributed by atoms with van der Waals surface area (Å²) in [5.41, 5.74) is 6.45. The smallest absolute Gasteiger partial charge is 0.259 e. The first-order valence-electron chi connectivity index (χ1n) is 6.45. The number of anilines is 1. The van der Waals surface area contributed by atoms with E-state index in [2.05, 4.69) is 0 Å². The van der Waals surface area contributed by atoms with E-state index in [-0.39, 0.29) is 12.2 Å². The monoisotopic (exact) mass is 290 g/mol. The Morgan fingerprint density at radius 3 is 2.52 bits per heavy atom. The van der Waals surface area contributed by atoms with Gasteiger partial charge in [0.25, 0.3) is 5.91 Å². The molecule has 21 heavy (non-hydrogen) atoms. The van der Waals surface area contributed by atoms with E-state index in [1.54, 1.807) is 0 Å². The SMILES string of the molecule is Cc1ccccc1CN(C)C(=O)c1c(F)ccc(N)c1F. The van der Waals surface area contributed by atoms with E-state index in [1.165, 1.54) is 11.9 Å². The van der Waals surface area contributed by atoms with Gasteiger partial charge < -0.3 is 10.6 Å². The molecule has 0 fully saturated rings. The second kappa shape index (κ2) is 5.91. The number of nitrogens with zero attached hydrogens (tertiary/aromatic N) is 1. The van der Waals surface area contributed by atoms with Gasteiger partial charge in [-0.1, -0.05) is 24.3 Å². The van der Waals surface area contributed by atoms with E-state index in [0.29, 0.717) is 0 Å². The Bertz CT molecular complexity index is 686. The van der Waals surface area contributed by atoms with Crippen molar-refractivity contribution in [3.05, 3.63) is 64.7 Å². The summed E-state index contributed by atoms with van der Waals surface area (Å²) in [5, 5.41) is 0. The number of halogens is 2. The van der Waals surface area contributed by atoms with Crippen molar-refractivity contribution in [2.45, 2.75) is 13.5 Å². The van der Waals surface area contributed by atoms with Crippen LogP contribution in [-0.4, -0.2) is 17.9 Å². The van der Waals surface area contributed by atoms with Crippen molar-refractivity contribution in [1.82, 2.24) is 4.90 Å². The second-order valence-electron chi connectivity index (χ2n) is 4.91. The highest BCUT2D eigenvalue weighted by Crippen LogP contribution is 2.21. The number of benzene rings is 2. The summed E-state index contributed by atoms with van der Waals surface area (Å²) < 4.78 is 27.6. The minimum absolute atomic E-state index is 0.246. The Labute approximate surface area is 122 Å². The van der Waals surface area contributed by atoms with Crippen LogP contribution in [0.1, 0.15) is 21.5 Å². The molecule has 0 bridgehead atoms. The molecule has 0 spiro atoms. The van der Waals surface area contributed by atoms with Crippen molar-refractivity contribution in [1.29, 1.82) is 0 Å². The first-order chi connectivity index (χ1) is 9.91. The summed E-state index contributed by atoms with van der Waals surface area (Å²) in [5.74, 6) is -2.67. The fraction of sp³-hybridized carbons (Fsp3) is 0.188. The molecule has 5 heteroatoms. The van der Waals surface area contributed by atoms with Crippen LogP contribution in [0.4, 0.5) is 14.5 Å². The number of rotatable bonds is 3. The maximum absolute atomic E-state index is 13.9. The van der Waals surface area contributed by atoms with E-state index in [0.717, 1.165) is 23.3 Å². The van der Waals surface area contributed by atoms with Crippen molar-refractivity contribution in [3.63, 3.8) is 0 Å². The minimum atomic E-state index is -1.02. The molecule has 0 atom stereocenters. The van der Waals surface area contributed by atoms with E-state index >= 15 is 0 Å². The molecule has 0 heterocycles. The highest BCUT2D eigenvalue weighted by atomic mass is 19.1. The standard InChI is InChI=1S/C16H16F2N2O/c1-10-5-3-4-6-11(10)9-20(2)16(21)14-12(17)7-8-13(19)15(14)18/h3-8H,9,19H2,1-2H3. The lowest BCUT2D eigenvalue weighted by Gasteiger charge is -2.19. The van der Waals surface area contributed by atoms with Crippen molar-refractivity contribution in [2.75, 3.05) is 12.8 Å². The summed E-state index contributed by atoms with van der Waals surface area (Å²) in [7, 11) is 1.50. The maximum Gasteiger partial charge on any atom is 0.259 e. The molecular formula is C16H16F2N2O. The van der Waals surface area contributed by atoms with Gasteiger partial charge in [0.05, 0.1) is 5.69 Å². The van der Waals surface area contributed by atoms with Gasteiger partial charge in [-0.2, -0.15) is 0 Å². The topological polar surface area (TPSA) is 46.3 Å². The molecule has 0 radical (unpaired) electrons. The lowest BCUT2D eigenvalue weighted by molar-refractivity contribution is 0.0775. The molecular weight excluding hydrogens is 274 g/mol. The maximum atomic E-state index is 13.9. The molecule has 2 aromatic rings. The van der Waals surface area contributed by atoms with Gasteiger partial charge in [-0.25, -0.2) is 8.78 Å². The highest BCUT2D eigenvalue weighted by Gasteiger charge is 2.22. The van der Waals surface area contributed by atoms with Crippen LogP contribution in [-0.2, 0) is 6.54 Å². The molecule has 0 aliphatic carbocycles. The Kier molecular flexibility index (Phi) is 4.21. The Hall–Kier alpha value is -2.43. The lowest BCUT2D eigenvalue weighted by Crippen LogP contribution is -2.28. The Morgan fingerprint density at radius 1 is 1.19 bits per heavy atom. The minimum Gasteiger partial charge on any atom is -0.396 e. The number of nitrogen functional groups attached to an aromatic ring is 1. The average Bonchev–Trinajstić information content (AvgIpc) is 2.45. The zero-order valence-corrected chi connectivity index (χ0v) is 11.9. The molecule has 0 aliphatic rings. The van der Waals surface area contributed by atoms with Crippen LogP contribution in [0.3, 0.4) is 0 Å². The van der Waals surface area contributed by atoms with Crippen molar-refractivity contribution >= 4 is 11.6 Å². The van der Waals surface area contributed by atoms with Crippen LogP contribution in [0.25, 0.3) is 0 Å². The number of hydrogen-bond acceptors (Lipinski definition) is 2. The molecule has 0 aliphatic heterocycles. The summed E-state index contributed by atoms with van der Waals surface area (Å²) in [4.78, 5) is 13.5. The zero-order valence-electron chi connectivity index (χ0n) is 11.9. The van der Waals surface area contributed by atoms with Crippen LogP contribution >= 0.6 is 0 Å². The van der Waals surface area contributed by atoms with Crippen LogP contribution in [0.15, 0.2) is 36.4 Å². The number of hydrogen-bond donors (Lipinski definition) is 1. The highest BCUT2D eigenvalue weighted by molar-refractivity contribution is 5.95. The number of carbonyl (C=O) groups excluding carboxylic acids is 1. The first-order valence-corrected chi connectivity index (χ1v) is 6.45. The number of nitrogens with two attached hydrogens (primary N) is 1. The Balaban J connectivity index is 2.29. The zero-order chi connectivity index (χ0) is 15.6. The number of carbonyl (C=O) groups is 1. The quantitative estimate of drug-likeness (QED) is 0.883. The predicted molar refractivity (Wildman–Crippen MR) is 77.7 cm³/mol. The molecule has 2 rings (SSSR count). The molecule has 0 saturated carbocycles. The molecule has 3 nitrogen and oxygen atoms in total. The molecule has 0 saturated heterocycles. The van der Waals surface area contributed by atoms with Crippen LogP contribution < -0.4 is 5.73 Å². The second-order valence-corrected chi connectivity index (χ2v) is 4.91. The van der Waals surface area contributed by atoms with Crippen molar-refractivity contribution in [3.8, 4) is 0 Å². The van der Waals surface area contributed by atoms with Gasteiger partial charge in [-0.15, -0.1) is 0 Å². The summed E-state index contributed by atoms with van der Waals surface area (Å²) >= 11 is 0. The van der Waals surface area contributed by atoms with Crippen molar-refractivity contribution < 1.29 is 13.6 Å².